The molecule has 2 heteroatoms. The Hall–Kier alpha value is -0.530. The molecule has 0 atom stereocenters. The molecule has 1 aliphatic rings. The molecule has 1 radical (unpaired) electrons. The van der Waals surface area contributed by atoms with Gasteiger partial charge in [-0.3, -0.25) is 4.79 Å². The lowest BCUT2D eigenvalue weighted by molar-refractivity contribution is -0.136. The van der Waals surface area contributed by atoms with Crippen molar-refractivity contribution in [1.82, 2.24) is 0 Å². The Kier molecular flexibility index (Phi) is 5.65. The number of hydrogen-bond donors (Lipinski definition) is 1. The van der Waals surface area contributed by atoms with Crippen molar-refractivity contribution >= 4 is 5.97 Å². The van der Waals surface area contributed by atoms with Crippen molar-refractivity contribution in [2.24, 2.45) is 0 Å². The normalized spacial score (nSPS) is 21.7. The summed E-state index contributed by atoms with van der Waals surface area (Å²) < 4.78 is 0. The van der Waals surface area contributed by atoms with Crippen molar-refractivity contribution in [2.45, 2.75) is 64.2 Å². The van der Waals surface area contributed by atoms with Crippen LogP contribution in [0.4, 0.5) is 0 Å². The predicted molar refractivity (Wildman–Crippen MR) is 57.0 cm³/mol. The van der Waals surface area contributed by atoms with Crippen molar-refractivity contribution in [3.8, 4) is 0 Å². The van der Waals surface area contributed by atoms with Crippen molar-refractivity contribution in [1.29, 1.82) is 0 Å². The van der Waals surface area contributed by atoms with Gasteiger partial charge in [0.15, 0.2) is 0 Å². The van der Waals surface area contributed by atoms with E-state index in [-0.39, 0.29) is 0 Å². The molecular formula is C12H21O2. The summed E-state index contributed by atoms with van der Waals surface area (Å²) in [6.07, 6.45) is 11.4. The van der Waals surface area contributed by atoms with E-state index < -0.39 is 5.97 Å². The van der Waals surface area contributed by atoms with Crippen LogP contribution in [0, 0.1) is 5.92 Å². The average molecular weight is 197 g/mol. The van der Waals surface area contributed by atoms with Gasteiger partial charge in [-0.15, -0.1) is 0 Å². The van der Waals surface area contributed by atoms with Gasteiger partial charge in [0.05, 0.1) is 6.42 Å². The molecule has 1 fully saturated rings. The molecule has 2 nitrogen and oxygen atoms in total. The third kappa shape index (κ3) is 5.25. The topological polar surface area (TPSA) is 37.3 Å². The summed E-state index contributed by atoms with van der Waals surface area (Å²) in [5, 5.41) is 8.73. The molecule has 0 heterocycles. The van der Waals surface area contributed by atoms with Crippen LogP contribution in [0.2, 0.25) is 0 Å². The fraction of sp³-hybridized carbons (Fsp3) is 0.833. The molecule has 1 rings (SSSR count). The highest BCUT2D eigenvalue weighted by atomic mass is 16.4. The van der Waals surface area contributed by atoms with Gasteiger partial charge in [0.25, 0.3) is 0 Å². The van der Waals surface area contributed by atoms with E-state index >= 15 is 0 Å². The number of hydrogen-bond acceptors (Lipinski definition) is 1. The molecule has 0 amide bonds. The van der Waals surface area contributed by atoms with Gasteiger partial charge in [0.1, 0.15) is 0 Å². The standard InChI is InChI=1S/C12H21O2/c13-12(14)10-11-8-6-4-2-1-3-5-7-9-11/h1-10H2,(H,13,14). The third-order valence-electron chi connectivity index (χ3n) is 2.96. The minimum absolute atomic E-state index is 0.306. The molecule has 1 aliphatic carbocycles. The number of aliphatic carboxylic acids is 1. The fourth-order valence-electron chi connectivity index (χ4n) is 2.15. The Labute approximate surface area is 86.7 Å². The number of carboxylic acids is 1. The number of rotatable bonds is 2. The quantitative estimate of drug-likeness (QED) is 0.735. The van der Waals surface area contributed by atoms with Gasteiger partial charge in [-0.25, -0.2) is 0 Å². The summed E-state index contributed by atoms with van der Waals surface area (Å²) in [7, 11) is 0. The van der Waals surface area contributed by atoms with E-state index in [0.29, 0.717) is 6.42 Å². The van der Waals surface area contributed by atoms with Gasteiger partial charge in [0, 0.05) is 0 Å². The highest BCUT2D eigenvalue weighted by Gasteiger charge is 2.13. The minimum Gasteiger partial charge on any atom is -0.481 e. The lowest BCUT2D eigenvalue weighted by atomic mass is 9.90. The molecule has 0 spiro atoms. The van der Waals surface area contributed by atoms with Gasteiger partial charge < -0.3 is 5.11 Å². The monoisotopic (exact) mass is 197 g/mol. The van der Waals surface area contributed by atoms with Crippen LogP contribution in [0.1, 0.15) is 64.2 Å². The van der Waals surface area contributed by atoms with E-state index in [2.05, 4.69) is 0 Å². The SMILES string of the molecule is O=C(O)C[C]1CCCCCCCCC1. The zero-order chi connectivity index (χ0) is 10.2. The van der Waals surface area contributed by atoms with Gasteiger partial charge >= 0.3 is 5.97 Å². The van der Waals surface area contributed by atoms with Gasteiger partial charge in [-0.05, 0) is 18.8 Å². The molecule has 0 saturated heterocycles. The van der Waals surface area contributed by atoms with Gasteiger partial charge in [-0.2, -0.15) is 0 Å². The van der Waals surface area contributed by atoms with Gasteiger partial charge in [-0.1, -0.05) is 44.9 Å². The smallest absolute Gasteiger partial charge is 0.303 e. The molecule has 0 aromatic heterocycles. The van der Waals surface area contributed by atoms with Crippen LogP contribution in [0.15, 0.2) is 0 Å². The molecular weight excluding hydrogens is 176 g/mol. The average Bonchev–Trinajstić information content (AvgIpc) is 2.15. The third-order valence-corrected chi connectivity index (χ3v) is 2.96. The summed E-state index contributed by atoms with van der Waals surface area (Å²) in [5.41, 5.74) is 0. The lowest BCUT2D eigenvalue weighted by Crippen LogP contribution is -2.06. The van der Waals surface area contributed by atoms with E-state index in [0.717, 1.165) is 12.8 Å². The van der Waals surface area contributed by atoms with E-state index in [9.17, 15) is 4.79 Å². The second-order valence-corrected chi connectivity index (χ2v) is 4.30. The van der Waals surface area contributed by atoms with Crippen molar-refractivity contribution in [3.05, 3.63) is 5.92 Å². The van der Waals surface area contributed by atoms with E-state index in [4.69, 9.17) is 5.11 Å². The molecule has 1 N–H and O–H groups in total. The summed E-state index contributed by atoms with van der Waals surface area (Å²) in [6, 6.07) is 0. The van der Waals surface area contributed by atoms with Crippen LogP contribution in [-0.2, 0) is 4.79 Å². The Morgan fingerprint density at radius 1 is 0.929 bits per heavy atom. The van der Waals surface area contributed by atoms with Crippen LogP contribution >= 0.6 is 0 Å². The molecule has 0 aromatic carbocycles. The highest BCUT2D eigenvalue weighted by molar-refractivity contribution is 5.69. The van der Waals surface area contributed by atoms with Crippen molar-refractivity contribution in [3.63, 3.8) is 0 Å². The fourth-order valence-corrected chi connectivity index (χ4v) is 2.15. The first-order chi connectivity index (χ1) is 6.79. The largest absolute Gasteiger partial charge is 0.481 e. The zero-order valence-electron chi connectivity index (χ0n) is 8.93. The number of carboxylic acid groups (broad SMARTS) is 1. The van der Waals surface area contributed by atoms with Crippen molar-refractivity contribution < 1.29 is 9.90 Å². The lowest BCUT2D eigenvalue weighted by Gasteiger charge is -2.15. The van der Waals surface area contributed by atoms with E-state index in [1.165, 1.54) is 50.9 Å². The number of carbonyl (C=O) groups is 1. The minimum atomic E-state index is -0.656. The highest BCUT2D eigenvalue weighted by Crippen LogP contribution is 2.25. The maximum absolute atomic E-state index is 10.6. The van der Waals surface area contributed by atoms with Crippen LogP contribution in [0.3, 0.4) is 0 Å². The zero-order valence-corrected chi connectivity index (χ0v) is 8.93. The summed E-state index contributed by atoms with van der Waals surface area (Å²) in [4.78, 5) is 10.6. The van der Waals surface area contributed by atoms with E-state index in [1.54, 1.807) is 0 Å². The summed E-state index contributed by atoms with van der Waals surface area (Å²) in [6.45, 7) is 0. The van der Waals surface area contributed by atoms with Gasteiger partial charge in [0.2, 0.25) is 0 Å². The Morgan fingerprint density at radius 3 is 1.79 bits per heavy atom. The summed E-state index contributed by atoms with van der Waals surface area (Å²) >= 11 is 0. The molecule has 0 aliphatic heterocycles. The van der Waals surface area contributed by atoms with E-state index in [1.807, 2.05) is 0 Å². The molecule has 81 valence electrons. The first-order valence-corrected chi connectivity index (χ1v) is 5.84. The van der Waals surface area contributed by atoms with Crippen molar-refractivity contribution in [2.75, 3.05) is 0 Å². The van der Waals surface area contributed by atoms with Crippen LogP contribution in [-0.4, -0.2) is 11.1 Å². The Morgan fingerprint density at radius 2 is 1.36 bits per heavy atom. The second kappa shape index (κ2) is 6.86. The Balaban J connectivity index is 2.26. The maximum atomic E-state index is 10.6. The predicted octanol–water partition coefficient (Wildman–Crippen LogP) is 3.56. The first kappa shape index (κ1) is 11.5. The molecule has 0 bridgehead atoms. The maximum Gasteiger partial charge on any atom is 0.303 e. The molecule has 0 aromatic rings. The van der Waals surface area contributed by atoms with Crippen LogP contribution in [0.25, 0.3) is 0 Å². The summed E-state index contributed by atoms with van der Waals surface area (Å²) in [5.74, 6) is 0.608. The molecule has 0 unspecified atom stereocenters. The van der Waals surface area contributed by atoms with Crippen LogP contribution in [0.5, 0.6) is 0 Å². The first-order valence-electron chi connectivity index (χ1n) is 5.84. The molecule has 14 heavy (non-hydrogen) atoms. The molecule has 1 saturated carbocycles. The Bertz CT molecular complexity index is 156. The second-order valence-electron chi connectivity index (χ2n) is 4.30. The van der Waals surface area contributed by atoms with Crippen LogP contribution < -0.4 is 0 Å².